The van der Waals surface area contributed by atoms with Gasteiger partial charge in [0.25, 0.3) is 5.69 Å². The molecule has 2 aromatic rings. The lowest BCUT2D eigenvalue weighted by Gasteiger charge is -2.08. The number of rotatable bonds is 6. The highest BCUT2D eigenvalue weighted by molar-refractivity contribution is 6.29. The average Bonchev–Trinajstić information content (AvgIpc) is 3.29. The van der Waals surface area contributed by atoms with Crippen molar-refractivity contribution in [2.24, 2.45) is 5.92 Å². The molecule has 1 aliphatic rings. The number of halogens is 1. The van der Waals surface area contributed by atoms with Gasteiger partial charge in [0.05, 0.1) is 4.92 Å². The van der Waals surface area contributed by atoms with Crippen LogP contribution in [0.25, 0.3) is 0 Å². The molecule has 114 valence electrons. The van der Waals surface area contributed by atoms with E-state index in [4.69, 9.17) is 11.6 Å². The van der Waals surface area contributed by atoms with E-state index in [0.29, 0.717) is 23.4 Å². The minimum Gasteiger partial charge on any atom is -0.366 e. The fourth-order valence-electron chi connectivity index (χ4n) is 2.20. The molecule has 7 heteroatoms. The Hall–Kier alpha value is -2.21. The van der Waals surface area contributed by atoms with Crippen molar-refractivity contribution in [3.8, 4) is 0 Å². The number of benzene rings is 1. The van der Waals surface area contributed by atoms with Gasteiger partial charge in [0, 0.05) is 31.2 Å². The number of nitro groups is 1. The van der Waals surface area contributed by atoms with Gasteiger partial charge in [-0.1, -0.05) is 23.7 Å². The van der Waals surface area contributed by atoms with Crippen molar-refractivity contribution in [1.29, 1.82) is 0 Å². The summed E-state index contributed by atoms with van der Waals surface area (Å²) in [5, 5.41) is 14.3. The predicted molar refractivity (Wildman–Crippen MR) is 83.9 cm³/mol. The van der Waals surface area contributed by atoms with E-state index in [-0.39, 0.29) is 5.69 Å². The van der Waals surface area contributed by atoms with Gasteiger partial charge in [0.1, 0.15) is 16.8 Å². The molecule has 1 N–H and O–H groups in total. The van der Waals surface area contributed by atoms with Crippen LogP contribution in [0.15, 0.2) is 30.3 Å². The number of hydrogen-bond acceptors (Lipinski definition) is 5. The average molecular weight is 319 g/mol. The number of anilines is 1. The molecule has 0 aliphatic heterocycles. The minimum atomic E-state index is -0.404. The Bertz CT molecular complexity index is 704. The zero-order valence-corrected chi connectivity index (χ0v) is 12.6. The molecule has 0 radical (unpaired) electrons. The van der Waals surface area contributed by atoms with Crippen molar-refractivity contribution in [2.45, 2.75) is 25.8 Å². The van der Waals surface area contributed by atoms with Crippen LogP contribution in [0, 0.1) is 16.0 Å². The van der Waals surface area contributed by atoms with Gasteiger partial charge in [-0.15, -0.1) is 0 Å². The van der Waals surface area contributed by atoms with Crippen LogP contribution >= 0.6 is 11.6 Å². The molecular weight excluding hydrogens is 304 g/mol. The molecule has 3 rings (SSSR count). The fourth-order valence-corrected chi connectivity index (χ4v) is 2.40. The molecule has 1 fully saturated rings. The summed E-state index contributed by atoms with van der Waals surface area (Å²) >= 11 is 6.02. The summed E-state index contributed by atoms with van der Waals surface area (Å²) in [6.07, 6.45) is 3.31. The molecule has 0 atom stereocenters. The summed E-state index contributed by atoms with van der Waals surface area (Å²) in [4.78, 5) is 19.0. The first kappa shape index (κ1) is 14.7. The van der Waals surface area contributed by atoms with Crippen molar-refractivity contribution in [2.75, 3.05) is 5.32 Å². The molecule has 0 bridgehead atoms. The number of nitro benzene ring substituents is 1. The second-order valence-electron chi connectivity index (χ2n) is 5.42. The van der Waals surface area contributed by atoms with Crippen LogP contribution < -0.4 is 5.32 Å². The van der Waals surface area contributed by atoms with E-state index in [1.54, 1.807) is 18.2 Å². The number of nitrogens with zero attached hydrogens (tertiary/aromatic N) is 3. The normalized spacial score (nSPS) is 13.9. The van der Waals surface area contributed by atoms with Crippen LogP contribution in [0.4, 0.5) is 11.5 Å². The standard InChI is InChI=1S/C15H15ClN4O2/c16-13-8-14(19-15(18-13)7-10-4-5-10)17-9-11-2-1-3-12(6-11)20(21)22/h1-3,6,8,10H,4-5,7,9H2,(H,17,18,19). The van der Waals surface area contributed by atoms with Gasteiger partial charge >= 0.3 is 0 Å². The third-order valence-electron chi connectivity index (χ3n) is 3.50. The lowest BCUT2D eigenvalue weighted by Crippen LogP contribution is -2.05. The van der Waals surface area contributed by atoms with E-state index >= 15 is 0 Å². The lowest BCUT2D eigenvalue weighted by molar-refractivity contribution is -0.384. The first-order valence-electron chi connectivity index (χ1n) is 7.11. The molecule has 1 aromatic heterocycles. The molecule has 22 heavy (non-hydrogen) atoms. The molecule has 6 nitrogen and oxygen atoms in total. The van der Waals surface area contributed by atoms with E-state index in [2.05, 4.69) is 15.3 Å². The van der Waals surface area contributed by atoms with Crippen molar-refractivity contribution in [3.63, 3.8) is 0 Å². The maximum absolute atomic E-state index is 10.8. The minimum absolute atomic E-state index is 0.0782. The Morgan fingerprint density at radius 1 is 1.32 bits per heavy atom. The summed E-state index contributed by atoms with van der Waals surface area (Å²) in [7, 11) is 0. The van der Waals surface area contributed by atoms with E-state index < -0.39 is 4.92 Å². The zero-order valence-electron chi connectivity index (χ0n) is 11.8. The van der Waals surface area contributed by atoms with E-state index in [1.807, 2.05) is 6.07 Å². The molecule has 1 aromatic carbocycles. The summed E-state index contributed by atoms with van der Waals surface area (Å²) in [6.45, 7) is 0.442. The van der Waals surface area contributed by atoms with Gasteiger partial charge in [0.15, 0.2) is 0 Å². The largest absolute Gasteiger partial charge is 0.366 e. The smallest absolute Gasteiger partial charge is 0.269 e. The monoisotopic (exact) mass is 318 g/mol. The van der Waals surface area contributed by atoms with E-state index in [1.165, 1.54) is 18.9 Å². The highest BCUT2D eigenvalue weighted by Crippen LogP contribution is 2.32. The Morgan fingerprint density at radius 2 is 2.14 bits per heavy atom. The van der Waals surface area contributed by atoms with Crippen LogP contribution in [-0.2, 0) is 13.0 Å². The fraction of sp³-hybridized carbons (Fsp3) is 0.333. The van der Waals surface area contributed by atoms with Crippen molar-refractivity contribution >= 4 is 23.1 Å². The van der Waals surface area contributed by atoms with Crippen LogP contribution in [0.3, 0.4) is 0 Å². The van der Waals surface area contributed by atoms with Gasteiger partial charge in [-0.25, -0.2) is 9.97 Å². The molecular formula is C15H15ClN4O2. The zero-order chi connectivity index (χ0) is 15.5. The topological polar surface area (TPSA) is 81.0 Å². The summed E-state index contributed by atoms with van der Waals surface area (Å²) < 4.78 is 0. The number of aromatic nitrogens is 2. The van der Waals surface area contributed by atoms with Crippen molar-refractivity contribution < 1.29 is 4.92 Å². The van der Waals surface area contributed by atoms with Crippen LogP contribution in [-0.4, -0.2) is 14.9 Å². The van der Waals surface area contributed by atoms with E-state index in [0.717, 1.165) is 17.8 Å². The molecule has 1 heterocycles. The molecule has 1 aliphatic carbocycles. The molecule has 0 amide bonds. The quantitative estimate of drug-likeness (QED) is 0.500. The summed E-state index contributed by atoms with van der Waals surface area (Å²) in [5.41, 5.74) is 0.891. The SMILES string of the molecule is O=[N+]([O-])c1cccc(CNc2cc(Cl)nc(CC3CC3)n2)c1. The third kappa shape index (κ3) is 3.92. The van der Waals surface area contributed by atoms with E-state index in [9.17, 15) is 10.1 Å². The highest BCUT2D eigenvalue weighted by Gasteiger charge is 2.23. The van der Waals surface area contributed by atoms with Crippen molar-refractivity contribution in [1.82, 2.24) is 9.97 Å². The maximum atomic E-state index is 10.8. The number of non-ortho nitro benzene ring substituents is 1. The van der Waals surface area contributed by atoms with Crippen molar-refractivity contribution in [3.05, 3.63) is 57.0 Å². The Kier molecular flexibility index (Phi) is 4.20. The van der Waals surface area contributed by atoms with Gasteiger partial charge in [-0.2, -0.15) is 0 Å². The molecule has 1 saturated carbocycles. The maximum Gasteiger partial charge on any atom is 0.269 e. The van der Waals surface area contributed by atoms with Crippen LogP contribution in [0.2, 0.25) is 5.15 Å². The summed E-state index contributed by atoms with van der Waals surface area (Å²) in [5.74, 6) is 2.07. The lowest BCUT2D eigenvalue weighted by atomic mass is 10.2. The first-order valence-corrected chi connectivity index (χ1v) is 7.48. The van der Waals surface area contributed by atoms with Crippen LogP contribution in [0.5, 0.6) is 0 Å². The summed E-state index contributed by atoms with van der Waals surface area (Å²) in [6, 6.07) is 8.17. The van der Waals surface area contributed by atoms with Gasteiger partial charge in [0.2, 0.25) is 0 Å². The Morgan fingerprint density at radius 3 is 2.86 bits per heavy atom. The van der Waals surface area contributed by atoms with Gasteiger partial charge < -0.3 is 5.32 Å². The van der Waals surface area contributed by atoms with Gasteiger partial charge in [-0.05, 0) is 24.3 Å². The Balaban J connectivity index is 1.68. The second kappa shape index (κ2) is 6.27. The third-order valence-corrected chi connectivity index (χ3v) is 3.70. The predicted octanol–water partition coefficient (Wildman–Crippen LogP) is 3.60. The second-order valence-corrected chi connectivity index (χ2v) is 5.81. The highest BCUT2D eigenvalue weighted by atomic mass is 35.5. The Labute approximate surface area is 132 Å². The first-order chi connectivity index (χ1) is 10.6. The molecule has 0 unspecified atom stereocenters. The number of nitrogens with one attached hydrogen (secondary N) is 1. The molecule has 0 spiro atoms. The number of hydrogen-bond donors (Lipinski definition) is 1. The van der Waals surface area contributed by atoms with Gasteiger partial charge in [-0.3, -0.25) is 10.1 Å². The van der Waals surface area contributed by atoms with Crippen LogP contribution in [0.1, 0.15) is 24.2 Å². The molecule has 0 saturated heterocycles.